The molecule has 5 rings (SSSR count). The molecule has 1 aliphatic heterocycles. The number of nitrogens with one attached hydrogen (secondary N) is 1. The molecule has 0 unspecified atom stereocenters. The average Bonchev–Trinajstić information content (AvgIpc) is 3.42. The first-order valence-corrected chi connectivity index (χ1v) is 13.6. The molecular formula is C30H37N9O. The summed E-state index contributed by atoms with van der Waals surface area (Å²) in [7, 11) is 3.91. The van der Waals surface area contributed by atoms with Gasteiger partial charge in [-0.15, -0.1) is 0 Å². The van der Waals surface area contributed by atoms with Crippen LogP contribution in [0, 0.1) is 0 Å². The van der Waals surface area contributed by atoms with Gasteiger partial charge in [0.1, 0.15) is 23.5 Å². The molecule has 4 aromatic rings. The molecule has 40 heavy (non-hydrogen) atoms. The smallest absolute Gasteiger partial charge is 0.140 e. The number of anilines is 1. The fourth-order valence-electron chi connectivity index (χ4n) is 4.75. The number of benzene rings is 1. The molecule has 10 nitrogen and oxygen atoms in total. The first-order chi connectivity index (χ1) is 19.6. The fourth-order valence-corrected chi connectivity index (χ4v) is 4.75. The minimum atomic E-state index is 0.628. The molecule has 0 bridgehead atoms. The van der Waals surface area contributed by atoms with Crippen molar-refractivity contribution in [2.24, 2.45) is 10.7 Å². The van der Waals surface area contributed by atoms with Crippen molar-refractivity contribution in [3.63, 3.8) is 0 Å². The standard InChI is InChI=1S/C30H37N9O/c1-32-20-25(18-31)24-6-4-23(5-7-24)19-33-29-17-27(35-22-36-29)28-21-34-30-16-26(8-10-39(28)30)40-15-3-9-38-13-11-37(2)12-14-38/h4-8,10,16-18,20-22H,3,9,11-15,19,31H2,1-2H3,(H,33,35,36)/b25-18+,32-20?. The lowest BCUT2D eigenvalue weighted by molar-refractivity contribution is 0.145. The maximum absolute atomic E-state index is 6.03. The maximum atomic E-state index is 6.03. The summed E-state index contributed by atoms with van der Waals surface area (Å²) in [5.41, 5.74) is 11.2. The van der Waals surface area contributed by atoms with Gasteiger partial charge in [-0.3, -0.25) is 9.39 Å². The van der Waals surface area contributed by atoms with Crippen molar-refractivity contribution < 1.29 is 4.74 Å². The van der Waals surface area contributed by atoms with Gasteiger partial charge in [0.25, 0.3) is 0 Å². The second-order valence-electron chi connectivity index (χ2n) is 9.93. The lowest BCUT2D eigenvalue weighted by atomic mass is 10.1. The molecule has 0 spiro atoms. The summed E-state index contributed by atoms with van der Waals surface area (Å²) in [5.74, 6) is 1.57. The Morgan fingerprint density at radius 2 is 1.90 bits per heavy atom. The largest absolute Gasteiger partial charge is 0.493 e. The van der Waals surface area contributed by atoms with Gasteiger partial charge in [0.05, 0.1) is 24.2 Å². The zero-order chi connectivity index (χ0) is 27.7. The van der Waals surface area contributed by atoms with E-state index in [0.29, 0.717) is 13.2 Å². The van der Waals surface area contributed by atoms with E-state index in [-0.39, 0.29) is 0 Å². The number of hydrogen-bond donors (Lipinski definition) is 2. The van der Waals surface area contributed by atoms with E-state index in [4.69, 9.17) is 10.5 Å². The quantitative estimate of drug-likeness (QED) is 0.220. The van der Waals surface area contributed by atoms with Gasteiger partial charge >= 0.3 is 0 Å². The van der Waals surface area contributed by atoms with E-state index in [9.17, 15) is 0 Å². The van der Waals surface area contributed by atoms with Crippen LogP contribution in [-0.2, 0) is 6.54 Å². The zero-order valence-electron chi connectivity index (χ0n) is 23.2. The van der Waals surface area contributed by atoms with Crippen LogP contribution in [-0.4, -0.2) is 88.8 Å². The van der Waals surface area contributed by atoms with E-state index in [2.05, 4.69) is 54.2 Å². The normalized spacial score (nSPS) is 15.2. The van der Waals surface area contributed by atoms with Gasteiger partial charge in [0, 0.05) is 82.6 Å². The Bertz CT molecular complexity index is 1450. The summed E-state index contributed by atoms with van der Waals surface area (Å²) < 4.78 is 8.05. The molecule has 4 heterocycles. The SMILES string of the molecule is CN=C/C(=C\N)c1ccc(CNc2cc(-c3cnc4cc(OCCCN5CCN(C)CC5)ccn34)ncn2)cc1. The molecule has 0 amide bonds. The van der Waals surface area contributed by atoms with Crippen molar-refractivity contribution in [2.75, 3.05) is 58.7 Å². The Kier molecular flexibility index (Phi) is 9.00. The van der Waals surface area contributed by atoms with E-state index in [1.54, 1.807) is 25.8 Å². The molecule has 1 saturated heterocycles. The number of aromatic nitrogens is 4. The molecule has 0 radical (unpaired) electrons. The Morgan fingerprint density at radius 3 is 2.67 bits per heavy atom. The number of piperazine rings is 1. The number of hydrogen-bond acceptors (Lipinski definition) is 9. The molecule has 0 saturated carbocycles. The molecule has 0 aliphatic carbocycles. The molecule has 3 aromatic heterocycles. The van der Waals surface area contributed by atoms with E-state index < -0.39 is 0 Å². The topological polar surface area (TPSA) is 109 Å². The molecule has 1 aliphatic rings. The van der Waals surface area contributed by atoms with Crippen LogP contribution in [0.2, 0.25) is 0 Å². The monoisotopic (exact) mass is 539 g/mol. The number of allylic oxidation sites excluding steroid dienone is 1. The fraction of sp³-hybridized carbons (Fsp3) is 0.333. The number of nitrogens with zero attached hydrogens (tertiary/aromatic N) is 7. The number of nitrogens with two attached hydrogens (primary N) is 1. The van der Waals surface area contributed by atoms with Crippen molar-refractivity contribution in [3.05, 3.63) is 78.5 Å². The lowest BCUT2D eigenvalue weighted by Gasteiger charge is -2.32. The predicted molar refractivity (Wildman–Crippen MR) is 161 cm³/mol. The highest BCUT2D eigenvalue weighted by Gasteiger charge is 2.13. The van der Waals surface area contributed by atoms with Crippen molar-refractivity contribution >= 4 is 23.3 Å². The van der Waals surface area contributed by atoms with Crippen molar-refractivity contribution in [2.45, 2.75) is 13.0 Å². The highest BCUT2D eigenvalue weighted by Crippen LogP contribution is 2.23. The van der Waals surface area contributed by atoms with E-state index >= 15 is 0 Å². The molecule has 10 heteroatoms. The summed E-state index contributed by atoms with van der Waals surface area (Å²) in [6, 6.07) is 14.1. The number of fused-ring (bicyclic) bond motifs is 1. The molecule has 3 N–H and O–H groups in total. The summed E-state index contributed by atoms with van der Waals surface area (Å²) >= 11 is 0. The Hall–Kier alpha value is -4.28. The number of likely N-dealkylation sites (N-methyl/N-ethyl adjacent to an activating group) is 1. The molecule has 208 valence electrons. The van der Waals surface area contributed by atoms with Crippen molar-refractivity contribution in [1.29, 1.82) is 0 Å². The Morgan fingerprint density at radius 1 is 1.07 bits per heavy atom. The summed E-state index contributed by atoms with van der Waals surface area (Å²) in [6.45, 7) is 6.94. The zero-order valence-corrected chi connectivity index (χ0v) is 23.2. The van der Waals surface area contributed by atoms with Gasteiger partial charge in [-0.2, -0.15) is 0 Å². The highest BCUT2D eigenvalue weighted by molar-refractivity contribution is 6.09. The Balaban J connectivity index is 1.17. The average molecular weight is 540 g/mol. The minimum absolute atomic E-state index is 0.628. The van der Waals surface area contributed by atoms with Gasteiger partial charge in [-0.1, -0.05) is 24.3 Å². The van der Waals surface area contributed by atoms with Crippen LogP contribution in [0.15, 0.2) is 72.4 Å². The van der Waals surface area contributed by atoms with E-state index in [1.807, 2.05) is 47.1 Å². The number of imidazole rings is 1. The lowest BCUT2D eigenvalue weighted by Crippen LogP contribution is -2.44. The summed E-state index contributed by atoms with van der Waals surface area (Å²) in [5, 5.41) is 3.39. The van der Waals surface area contributed by atoms with Crippen LogP contribution in [0.5, 0.6) is 5.75 Å². The molecule has 1 aromatic carbocycles. The molecule has 0 atom stereocenters. The molecule has 1 fully saturated rings. The highest BCUT2D eigenvalue weighted by atomic mass is 16.5. The van der Waals surface area contributed by atoms with E-state index in [0.717, 1.165) is 84.4 Å². The van der Waals surface area contributed by atoms with Gasteiger partial charge < -0.3 is 25.6 Å². The van der Waals surface area contributed by atoms with Crippen LogP contribution in [0.3, 0.4) is 0 Å². The van der Waals surface area contributed by atoms with Crippen molar-refractivity contribution in [1.82, 2.24) is 29.2 Å². The summed E-state index contributed by atoms with van der Waals surface area (Å²) in [6.07, 6.45) is 9.71. The summed E-state index contributed by atoms with van der Waals surface area (Å²) in [4.78, 5) is 22.4. The Labute approximate surface area is 235 Å². The van der Waals surface area contributed by atoms with Gasteiger partial charge in [0.2, 0.25) is 0 Å². The van der Waals surface area contributed by atoms with Gasteiger partial charge in [0.15, 0.2) is 0 Å². The third kappa shape index (κ3) is 6.83. The van der Waals surface area contributed by atoms with Crippen LogP contribution in [0.4, 0.5) is 5.82 Å². The van der Waals surface area contributed by atoms with E-state index in [1.165, 1.54) is 0 Å². The van der Waals surface area contributed by atoms with Crippen LogP contribution >= 0.6 is 0 Å². The van der Waals surface area contributed by atoms with Crippen LogP contribution < -0.4 is 15.8 Å². The van der Waals surface area contributed by atoms with Crippen LogP contribution in [0.25, 0.3) is 22.6 Å². The number of ether oxygens (including phenoxy) is 1. The number of aliphatic imine (C=N–C) groups is 1. The predicted octanol–water partition coefficient (Wildman–Crippen LogP) is 3.42. The third-order valence-electron chi connectivity index (χ3n) is 7.11. The van der Waals surface area contributed by atoms with Gasteiger partial charge in [-0.25, -0.2) is 15.0 Å². The third-order valence-corrected chi connectivity index (χ3v) is 7.11. The van der Waals surface area contributed by atoms with Crippen LogP contribution in [0.1, 0.15) is 17.5 Å². The minimum Gasteiger partial charge on any atom is -0.493 e. The number of rotatable bonds is 11. The number of pyridine rings is 1. The molecular weight excluding hydrogens is 502 g/mol. The first kappa shape index (κ1) is 27.3. The second kappa shape index (κ2) is 13.2. The second-order valence-corrected chi connectivity index (χ2v) is 9.93. The van der Waals surface area contributed by atoms with Gasteiger partial charge in [-0.05, 0) is 30.7 Å². The first-order valence-electron chi connectivity index (χ1n) is 13.6. The van der Waals surface area contributed by atoms with Crippen molar-refractivity contribution in [3.8, 4) is 17.1 Å². The maximum Gasteiger partial charge on any atom is 0.140 e.